The number of phenols is 2. The average molecular weight is 1240 g/mol. The van der Waals surface area contributed by atoms with Crippen molar-refractivity contribution < 1.29 is 27.7 Å². The van der Waals surface area contributed by atoms with Gasteiger partial charge in [-0.2, -0.15) is 0 Å². The molecular formula is C84H102F2N2O4. The maximum absolute atomic E-state index is 16.4. The molecule has 2 N–H and O–H groups in total. The third-order valence-corrected chi connectivity index (χ3v) is 18.9. The van der Waals surface area contributed by atoms with Crippen LogP contribution in [0, 0.1) is 57.5 Å². The first kappa shape index (κ1) is 67.3. The topological polar surface area (TPSA) is 55.7 Å². The highest BCUT2D eigenvalue weighted by atomic mass is 19.1. The average Bonchev–Trinajstić information content (AvgIpc) is 1.52. The molecule has 0 radical (unpaired) electrons. The number of hydrogen-bond donors (Lipinski definition) is 2. The predicted octanol–water partition coefficient (Wildman–Crippen LogP) is 24.4. The Labute approximate surface area is 548 Å². The second-order valence-corrected chi connectivity index (χ2v) is 33.6. The molecule has 0 aliphatic rings. The van der Waals surface area contributed by atoms with Crippen molar-refractivity contribution in [2.24, 2.45) is 10.8 Å². The Balaban J connectivity index is 1.09. The van der Waals surface area contributed by atoms with Crippen LogP contribution in [0.25, 0.3) is 77.2 Å². The first-order valence-corrected chi connectivity index (χ1v) is 33.0. The summed E-state index contributed by atoms with van der Waals surface area (Å²) in [4.78, 5) is 0. The second-order valence-electron chi connectivity index (χ2n) is 33.6. The first-order valence-electron chi connectivity index (χ1n) is 33.0. The summed E-state index contributed by atoms with van der Waals surface area (Å²) in [6.07, 6.45) is 2.13. The summed E-state index contributed by atoms with van der Waals surface area (Å²) >= 11 is 0. The van der Waals surface area contributed by atoms with Crippen LogP contribution in [0.4, 0.5) is 8.78 Å². The van der Waals surface area contributed by atoms with Gasteiger partial charge in [-0.3, -0.25) is 0 Å². The SMILES string of the molecule is [CH2-][O+](CCC[O+]([CH2-])c1c(C)cc(F)cc1-c1cc(C(C)(C)CC(C)(C)C)cc(-n2c3cc(C(C)(C)C)ccc3c3ccc(C(C)(C)C)cc32)c1O)c1c(C)cc(F)cc1-c1cc(C(C)(C)CC(C)(C)C)cc(-n2c3cc(C)ccc3c3ccc(C(C)(C)C)cc32)c1O. The third-order valence-electron chi connectivity index (χ3n) is 18.9. The summed E-state index contributed by atoms with van der Waals surface area (Å²) in [6.45, 7) is 49.0. The van der Waals surface area contributed by atoms with Gasteiger partial charge in [-0.1, -0.05) is 180 Å². The fourth-order valence-corrected chi connectivity index (χ4v) is 14.9. The van der Waals surface area contributed by atoms with Crippen molar-refractivity contribution in [2.45, 2.75) is 199 Å². The van der Waals surface area contributed by atoms with Crippen molar-refractivity contribution in [1.29, 1.82) is 0 Å². The van der Waals surface area contributed by atoms with Gasteiger partial charge < -0.3 is 28.1 Å². The normalized spacial score (nSPS) is 13.2. The van der Waals surface area contributed by atoms with Crippen LogP contribution in [0.5, 0.6) is 23.0 Å². The van der Waals surface area contributed by atoms with Crippen LogP contribution in [-0.4, -0.2) is 32.6 Å². The molecular weight excluding hydrogens is 1140 g/mol. The Hall–Kier alpha value is -7.58. The lowest BCUT2D eigenvalue weighted by Gasteiger charge is -2.35. The smallest absolute Gasteiger partial charge is 0.237 e. The molecule has 2 aromatic heterocycles. The number of aryl methyl sites for hydroxylation is 3. The number of rotatable bonds is 14. The van der Waals surface area contributed by atoms with Crippen LogP contribution >= 0.6 is 0 Å². The Morgan fingerprint density at radius 2 is 0.696 bits per heavy atom. The van der Waals surface area contributed by atoms with Crippen molar-refractivity contribution in [3.8, 4) is 56.6 Å². The highest BCUT2D eigenvalue weighted by molar-refractivity contribution is 6.11. The minimum absolute atomic E-state index is 0.0283. The molecule has 0 unspecified atom stereocenters. The van der Waals surface area contributed by atoms with E-state index in [9.17, 15) is 10.2 Å². The summed E-state index contributed by atoms with van der Waals surface area (Å²) in [5.41, 5.74) is 13.6. The van der Waals surface area contributed by atoms with Gasteiger partial charge in [-0.05, 0) is 192 Å². The lowest BCUT2D eigenvalue weighted by Crippen LogP contribution is -2.25. The monoisotopic (exact) mass is 1240 g/mol. The molecule has 0 saturated heterocycles. The molecule has 2 heterocycles. The van der Waals surface area contributed by atoms with Gasteiger partial charge in [-0.15, -0.1) is 0 Å². The fourth-order valence-electron chi connectivity index (χ4n) is 14.9. The van der Waals surface area contributed by atoms with Gasteiger partial charge in [0.05, 0.1) is 44.6 Å². The molecule has 6 nitrogen and oxygen atoms in total. The van der Waals surface area contributed by atoms with Gasteiger partial charge in [0.2, 0.25) is 11.5 Å². The molecule has 0 aliphatic heterocycles. The molecule has 10 aromatic rings. The molecule has 0 amide bonds. The Bertz CT molecular complexity index is 4440. The van der Waals surface area contributed by atoms with E-state index in [2.05, 4.69) is 268 Å². The van der Waals surface area contributed by atoms with E-state index < -0.39 is 17.0 Å². The van der Waals surface area contributed by atoms with E-state index in [0.29, 0.717) is 75.9 Å². The number of aromatic hydroxyl groups is 2. The number of phenolic OH excluding ortho intramolecular Hbond substituents is 2. The van der Waals surface area contributed by atoms with E-state index >= 15 is 8.78 Å². The number of hydrogen-bond acceptors (Lipinski definition) is 2. The van der Waals surface area contributed by atoms with Crippen LogP contribution in [0.1, 0.15) is 195 Å². The lowest BCUT2D eigenvalue weighted by atomic mass is 9.71. The van der Waals surface area contributed by atoms with Crippen molar-refractivity contribution in [2.75, 3.05) is 13.2 Å². The van der Waals surface area contributed by atoms with Crippen LogP contribution in [-0.2, 0) is 35.8 Å². The number of aromatic nitrogens is 2. The molecule has 0 bridgehead atoms. The predicted molar refractivity (Wildman–Crippen MR) is 386 cm³/mol. The molecule has 0 aliphatic carbocycles. The molecule has 10 rings (SSSR count). The van der Waals surface area contributed by atoms with E-state index in [-0.39, 0.29) is 44.0 Å². The molecule has 0 spiro atoms. The Kier molecular flexibility index (Phi) is 17.2. The van der Waals surface area contributed by atoms with Gasteiger partial charge in [0.1, 0.15) is 29.6 Å². The molecule has 0 saturated carbocycles. The quantitative estimate of drug-likeness (QED) is 0.0842. The molecule has 8 aromatic carbocycles. The van der Waals surface area contributed by atoms with Gasteiger partial charge in [0.25, 0.3) is 0 Å². The highest BCUT2D eigenvalue weighted by Gasteiger charge is 2.35. The zero-order chi connectivity index (χ0) is 67.7. The van der Waals surface area contributed by atoms with Gasteiger partial charge in [-0.25, -0.2) is 8.78 Å². The molecule has 8 heteroatoms. The first-order chi connectivity index (χ1) is 42.4. The standard InChI is InChI=1S/C84H102F2N2O4/c1-50-26-30-60-61-31-27-53(80(10,11)12)41-69(61)87(68(60)36-50)72-44-56(83(19,20)48-78(4,5)6)39-64(74(72)89)66-46-58(85)37-51(2)76(66)91(23)34-25-35-92(24)77-52(3)38-59(86)47-67(77)65-40-57(84(21,22)49-79(7,8)9)45-73(75(65)90)88-70-42-54(81(13,14)15)28-32-62(70)63-33-29-55(43-71(63)88)82(16,17)18/h26-33,36-47,89-90H,23-25,34-35,48-49H2,1-22H3. The number of nitrogens with zero attached hydrogens (tertiary/aromatic N) is 2. The molecule has 0 fully saturated rings. The van der Waals surface area contributed by atoms with Crippen molar-refractivity contribution >= 4 is 43.6 Å². The largest absolute Gasteiger partial charge is 0.711 e. The van der Waals surface area contributed by atoms with E-state index in [0.717, 1.165) is 73.1 Å². The van der Waals surface area contributed by atoms with E-state index in [4.69, 9.17) is 0 Å². The van der Waals surface area contributed by atoms with Gasteiger partial charge in [0.15, 0.2) is 13.2 Å². The van der Waals surface area contributed by atoms with Gasteiger partial charge in [0, 0.05) is 43.8 Å². The number of benzene rings is 8. The number of halogens is 2. The maximum atomic E-state index is 16.4. The van der Waals surface area contributed by atoms with E-state index in [1.807, 2.05) is 13.8 Å². The zero-order valence-electron chi connectivity index (χ0n) is 59.4. The summed E-state index contributed by atoms with van der Waals surface area (Å²) in [5, 5.41) is 30.8. The molecule has 0 atom stereocenters. The summed E-state index contributed by atoms with van der Waals surface area (Å²) in [6, 6.07) is 41.0. The summed E-state index contributed by atoms with van der Waals surface area (Å²) < 4.78 is 43.3. The minimum Gasteiger partial charge on any atom is -0.711 e. The van der Waals surface area contributed by atoms with Crippen molar-refractivity contribution in [3.05, 3.63) is 192 Å². The van der Waals surface area contributed by atoms with Crippen molar-refractivity contribution in [3.63, 3.8) is 0 Å². The van der Waals surface area contributed by atoms with Crippen LogP contribution in [0.3, 0.4) is 0 Å². The third kappa shape index (κ3) is 13.1. The van der Waals surface area contributed by atoms with Crippen LogP contribution < -0.4 is 0 Å². The maximum Gasteiger partial charge on any atom is 0.237 e. The second kappa shape index (κ2) is 23.5. The number of fused-ring (bicyclic) bond motifs is 6. The summed E-state index contributed by atoms with van der Waals surface area (Å²) in [7, 11) is 9.18. The highest BCUT2D eigenvalue weighted by Crippen LogP contribution is 2.53. The molecule has 92 heavy (non-hydrogen) atoms. The fraction of sp³-hybridized carbons (Fsp3) is 0.405. The van der Waals surface area contributed by atoms with Crippen molar-refractivity contribution in [1.82, 2.24) is 9.13 Å². The van der Waals surface area contributed by atoms with Crippen LogP contribution in [0.2, 0.25) is 0 Å². The Morgan fingerprint density at radius 1 is 0.380 bits per heavy atom. The molecule has 486 valence electrons. The zero-order valence-corrected chi connectivity index (χ0v) is 59.4. The van der Waals surface area contributed by atoms with E-state index in [1.54, 1.807) is 0 Å². The van der Waals surface area contributed by atoms with Crippen LogP contribution in [0.15, 0.2) is 121 Å². The Morgan fingerprint density at radius 3 is 1.01 bits per heavy atom. The van der Waals surface area contributed by atoms with E-state index in [1.165, 1.54) is 41.0 Å². The van der Waals surface area contributed by atoms with Gasteiger partial charge >= 0.3 is 0 Å². The summed E-state index contributed by atoms with van der Waals surface area (Å²) in [5.74, 6) is 0.396. The lowest BCUT2D eigenvalue weighted by molar-refractivity contribution is -0.0170. The minimum atomic E-state index is -0.434.